The largest absolute Gasteiger partial charge is 0.397 e. The Labute approximate surface area is 118 Å². The fraction of sp³-hybridized carbons (Fsp3) is 0.500. The molecule has 0 amide bonds. The van der Waals surface area contributed by atoms with Crippen molar-refractivity contribution in [1.29, 1.82) is 0 Å². The number of aliphatic hydroxyl groups is 1. The van der Waals surface area contributed by atoms with Crippen LogP contribution in [-0.4, -0.2) is 36.5 Å². The average Bonchev–Trinajstić information content (AvgIpc) is 2.29. The van der Waals surface area contributed by atoms with Crippen molar-refractivity contribution in [3.8, 4) is 0 Å². The molecule has 1 heterocycles. The summed E-state index contributed by atoms with van der Waals surface area (Å²) >= 11 is 5.77. The van der Waals surface area contributed by atoms with E-state index in [1.165, 1.54) is 22.5 Å². The molecule has 5 nitrogen and oxygen atoms in total. The standard InChI is InChI=1S/C12H17ClN2O3S/c1-2-5-12(16)7-15(8-12)19(17,18)9-3-4-10(13)11(14)6-9/h3-4,6,16H,2,5,7-8,14H2,1H3. The summed E-state index contributed by atoms with van der Waals surface area (Å²) in [5.41, 5.74) is 4.95. The van der Waals surface area contributed by atoms with Gasteiger partial charge < -0.3 is 10.8 Å². The second kappa shape index (κ2) is 4.94. The van der Waals surface area contributed by atoms with Crippen LogP contribution in [0.15, 0.2) is 23.1 Å². The van der Waals surface area contributed by atoms with Crippen LogP contribution in [0.25, 0.3) is 0 Å². The minimum atomic E-state index is -3.60. The number of nitrogens with zero attached hydrogens (tertiary/aromatic N) is 1. The highest BCUT2D eigenvalue weighted by Gasteiger charge is 2.46. The summed E-state index contributed by atoms with van der Waals surface area (Å²) < 4.78 is 25.8. The van der Waals surface area contributed by atoms with Crippen LogP contribution in [0, 0.1) is 0 Å². The first kappa shape index (κ1) is 14.6. The molecule has 1 aromatic carbocycles. The highest BCUT2D eigenvalue weighted by molar-refractivity contribution is 7.89. The van der Waals surface area contributed by atoms with E-state index in [-0.39, 0.29) is 23.7 Å². The number of nitrogen functional groups attached to an aromatic ring is 1. The van der Waals surface area contributed by atoms with E-state index in [1.54, 1.807) is 0 Å². The Hall–Kier alpha value is -0.820. The lowest BCUT2D eigenvalue weighted by atomic mass is 9.92. The summed E-state index contributed by atoms with van der Waals surface area (Å²) in [7, 11) is -3.60. The lowest BCUT2D eigenvalue weighted by Crippen LogP contribution is -2.63. The molecule has 106 valence electrons. The quantitative estimate of drug-likeness (QED) is 0.825. The number of nitrogens with two attached hydrogens (primary N) is 1. The van der Waals surface area contributed by atoms with Crippen molar-refractivity contribution in [2.75, 3.05) is 18.8 Å². The zero-order valence-electron chi connectivity index (χ0n) is 10.6. The first-order valence-electron chi connectivity index (χ1n) is 6.06. The fourth-order valence-corrected chi connectivity index (χ4v) is 3.99. The van der Waals surface area contributed by atoms with Gasteiger partial charge in [0.25, 0.3) is 0 Å². The van der Waals surface area contributed by atoms with Gasteiger partial charge >= 0.3 is 0 Å². The number of hydrogen-bond donors (Lipinski definition) is 2. The third-order valence-electron chi connectivity index (χ3n) is 3.26. The van der Waals surface area contributed by atoms with Gasteiger partial charge in [-0.05, 0) is 24.6 Å². The van der Waals surface area contributed by atoms with E-state index in [2.05, 4.69) is 0 Å². The number of β-amino-alcohol motifs (C(OH)–C–C–N with tert-alkyl or cyclic N) is 1. The molecule has 1 aliphatic rings. The molecule has 0 atom stereocenters. The van der Waals surface area contributed by atoms with Gasteiger partial charge in [-0.15, -0.1) is 0 Å². The predicted octanol–water partition coefficient (Wildman–Crippen LogP) is 1.46. The van der Waals surface area contributed by atoms with Gasteiger partial charge in [-0.25, -0.2) is 8.42 Å². The summed E-state index contributed by atoms with van der Waals surface area (Å²) in [5.74, 6) is 0. The minimum absolute atomic E-state index is 0.105. The lowest BCUT2D eigenvalue weighted by Gasteiger charge is -2.45. The number of rotatable bonds is 4. The van der Waals surface area contributed by atoms with Gasteiger partial charge in [0.2, 0.25) is 10.0 Å². The van der Waals surface area contributed by atoms with Crippen molar-refractivity contribution < 1.29 is 13.5 Å². The zero-order valence-corrected chi connectivity index (χ0v) is 12.2. The monoisotopic (exact) mass is 304 g/mol. The first-order chi connectivity index (χ1) is 8.78. The summed E-state index contributed by atoms with van der Waals surface area (Å²) in [4.78, 5) is 0.105. The normalized spacial score (nSPS) is 19.1. The molecule has 0 aliphatic carbocycles. The van der Waals surface area contributed by atoms with Crippen LogP contribution in [0.1, 0.15) is 19.8 Å². The molecule has 19 heavy (non-hydrogen) atoms. The maximum atomic E-state index is 12.3. The predicted molar refractivity (Wildman–Crippen MR) is 74.5 cm³/mol. The minimum Gasteiger partial charge on any atom is -0.397 e. The van der Waals surface area contributed by atoms with Crippen LogP contribution in [-0.2, 0) is 10.0 Å². The van der Waals surface area contributed by atoms with Gasteiger partial charge in [0.1, 0.15) is 0 Å². The molecule has 0 radical (unpaired) electrons. The summed E-state index contributed by atoms with van der Waals surface area (Å²) in [6.45, 7) is 2.21. The molecule has 1 saturated heterocycles. The van der Waals surface area contributed by atoms with Gasteiger partial charge in [-0.3, -0.25) is 0 Å². The van der Waals surface area contributed by atoms with E-state index >= 15 is 0 Å². The Morgan fingerprint density at radius 3 is 2.63 bits per heavy atom. The van der Waals surface area contributed by atoms with E-state index in [0.29, 0.717) is 11.4 Å². The second-order valence-electron chi connectivity index (χ2n) is 4.93. The molecule has 3 N–H and O–H groups in total. The SMILES string of the molecule is CCCC1(O)CN(S(=O)(=O)c2ccc(Cl)c(N)c2)C1. The Kier molecular flexibility index (Phi) is 3.79. The van der Waals surface area contributed by atoms with Crippen molar-refractivity contribution in [2.45, 2.75) is 30.3 Å². The fourth-order valence-electron chi connectivity index (χ4n) is 2.24. The molecule has 0 aromatic heterocycles. The topological polar surface area (TPSA) is 83.6 Å². The Bertz CT molecular complexity index is 583. The highest BCUT2D eigenvalue weighted by Crippen LogP contribution is 2.32. The number of anilines is 1. The second-order valence-corrected chi connectivity index (χ2v) is 7.28. The Morgan fingerprint density at radius 1 is 1.47 bits per heavy atom. The number of hydrogen-bond acceptors (Lipinski definition) is 4. The van der Waals surface area contributed by atoms with Crippen molar-refractivity contribution in [1.82, 2.24) is 4.31 Å². The smallest absolute Gasteiger partial charge is 0.243 e. The van der Waals surface area contributed by atoms with Gasteiger partial charge in [-0.1, -0.05) is 24.9 Å². The van der Waals surface area contributed by atoms with E-state index in [9.17, 15) is 13.5 Å². The highest BCUT2D eigenvalue weighted by atomic mass is 35.5. The van der Waals surface area contributed by atoms with Gasteiger partial charge in [0.05, 0.1) is 21.2 Å². The van der Waals surface area contributed by atoms with Gasteiger partial charge in [-0.2, -0.15) is 4.31 Å². The lowest BCUT2D eigenvalue weighted by molar-refractivity contribution is -0.0653. The molecule has 0 spiro atoms. The first-order valence-corrected chi connectivity index (χ1v) is 7.88. The zero-order chi connectivity index (χ0) is 14.3. The van der Waals surface area contributed by atoms with E-state index in [1.807, 2.05) is 6.92 Å². The van der Waals surface area contributed by atoms with E-state index in [0.717, 1.165) is 6.42 Å². The van der Waals surface area contributed by atoms with Crippen LogP contribution in [0.3, 0.4) is 0 Å². The maximum absolute atomic E-state index is 12.3. The third-order valence-corrected chi connectivity index (χ3v) is 5.39. The van der Waals surface area contributed by atoms with Gasteiger partial charge in [0.15, 0.2) is 0 Å². The number of sulfonamides is 1. The van der Waals surface area contributed by atoms with Crippen LogP contribution < -0.4 is 5.73 Å². The Balaban J connectivity index is 2.19. The molecular weight excluding hydrogens is 288 g/mol. The molecule has 1 aromatic rings. The molecule has 1 fully saturated rings. The third kappa shape index (κ3) is 2.72. The van der Waals surface area contributed by atoms with E-state index < -0.39 is 15.6 Å². The van der Waals surface area contributed by atoms with Crippen molar-refractivity contribution in [2.24, 2.45) is 0 Å². The van der Waals surface area contributed by atoms with Crippen molar-refractivity contribution in [3.05, 3.63) is 23.2 Å². The molecule has 0 saturated carbocycles. The van der Waals surface area contributed by atoms with Crippen molar-refractivity contribution in [3.63, 3.8) is 0 Å². The summed E-state index contributed by atoms with van der Waals surface area (Å²) in [6.07, 6.45) is 1.42. The molecule has 0 unspecified atom stereocenters. The molecule has 2 rings (SSSR count). The van der Waals surface area contributed by atoms with Crippen LogP contribution in [0.4, 0.5) is 5.69 Å². The van der Waals surface area contributed by atoms with E-state index in [4.69, 9.17) is 17.3 Å². The number of benzene rings is 1. The molecule has 1 aliphatic heterocycles. The Morgan fingerprint density at radius 2 is 2.11 bits per heavy atom. The molecular formula is C12H17ClN2O3S. The molecule has 7 heteroatoms. The van der Waals surface area contributed by atoms with Gasteiger partial charge in [0, 0.05) is 13.1 Å². The van der Waals surface area contributed by atoms with Crippen LogP contribution in [0.5, 0.6) is 0 Å². The average molecular weight is 305 g/mol. The van der Waals surface area contributed by atoms with Crippen LogP contribution in [0.2, 0.25) is 5.02 Å². The van der Waals surface area contributed by atoms with Crippen LogP contribution >= 0.6 is 11.6 Å². The summed E-state index contributed by atoms with van der Waals surface area (Å²) in [5, 5.41) is 10.4. The molecule has 0 bridgehead atoms. The van der Waals surface area contributed by atoms with Crippen molar-refractivity contribution >= 4 is 27.3 Å². The number of halogens is 1. The maximum Gasteiger partial charge on any atom is 0.243 e. The summed E-state index contributed by atoms with van der Waals surface area (Å²) in [6, 6.07) is 4.22.